The second-order valence-corrected chi connectivity index (χ2v) is 10.2. The quantitative estimate of drug-likeness (QED) is 0.649. The van der Waals surface area contributed by atoms with Crippen LogP contribution in [0.4, 0.5) is 0 Å². The number of carbonyl (C=O) groups excluding carboxylic acids is 2. The van der Waals surface area contributed by atoms with Gasteiger partial charge in [-0.3, -0.25) is 14.5 Å². The van der Waals surface area contributed by atoms with Crippen LogP contribution in [0, 0.1) is 5.92 Å². The van der Waals surface area contributed by atoms with Gasteiger partial charge in [-0.2, -0.15) is 0 Å². The van der Waals surface area contributed by atoms with Gasteiger partial charge in [0.15, 0.2) is 0 Å². The van der Waals surface area contributed by atoms with E-state index in [1.807, 2.05) is 4.90 Å². The van der Waals surface area contributed by atoms with Gasteiger partial charge >= 0.3 is 0 Å². The Balaban J connectivity index is 1.71. The monoisotopic (exact) mass is 400 g/mol. The van der Waals surface area contributed by atoms with Crippen LogP contribution in [-0.4, -0.2) is 80.6 Å². The smallest absolute Gasteiger partial charge is 0.242 e. The summed E-state index contributed by atoms with van der Waals surface area (Å²) in [6, 6.07) is -0.553. The number of hydrogen-bond acceptors (Lipinski definition) is 5. The molecule has 27 heavy (non-hydrogen) atoms. The first kappa shape index (κ1) is 20.5. The van der Waals surface area contributed by atoms with Crippen molar-refractivity contribution in [2.45, 2.75) is 63.6 Å². The number of piperazine rings is 1. The van der Waals surface area contributed by atoms with Gasteiger partial charge < -0.3 is 10.2 Å². The number of sulfonamides is 1. The largest absolute Gasteiger partial charge is 0.354 e. The van der Waals surface area contributed by atoms with Crippen LogP contribution < -0.4 is 10.0 Å². The van der Waals surface area contributed by atoms with Crippen LogP contribution in [-0.2, 0) is 19.6 Å². The lowest BCUT2D eigenvalue weighted by Crippen LogP contribution is -2.63. The van der Waals surface area contributed by atoms with Gasteiger partial charge in [0.05, 0.1) is 6.26 Å². The van der Waals surface area contributed by atoms with Crippen LogP contribution in [0.1, 0.15) is 45.4 Å². The summed E-state index contributed by atoms with van der Waals surface area (Å²) in [4.78, 5) is 28.6. The molecule has 0 radical (unpaired) electrons. The fourth-order valence-electron chi connectivity index (χ4n) is 4.85. The van der Waals surface area contributed by atoms with Gasteiger partial charge in [-0.1, -0.05) is 19.3 Å². The van der Waals surface area contributed by atoms with Gasteiger partial charge in [0.2, 0.25) is 21.8 Å². The lowest BCUT2D eigenvalue weighted by Gasteiger charge is -2.44. The topological polar surface area (TPSA) is 98.8 Å². The van der Waals surface area contributed by atoms with Crippen LogP contribution >= 0.6 is 0 Å². The van der Waals surface area contributed by atoms with E-state index in [9.17, 15) is 18.0 Å². The number of nitrogens with one attached hydrogen (secondary N) is 2. The van der Waals surface area contributed by atoms with Crippen molar-refractivity contribution < 1.29 is 18.0 Å². The van der Waals surface area contributed by atoms with Gasteiger partial charge in [0, 0.05) is 45.2 Å². The minimum Gasteiger partial charge on any atom is -0.354 e. The maximum absolute atomic E-state index is 13.1. The Morgan fingerprint density at radius 3 is 2.52 bits per heavy atom. The molecule has 2 amide bonds. The summed E-state index contributed by atoms with van der Waals surface area (Å²) >= 11 is 0. The number of hydrogen-bond donors (Lipinski definition) is 2. The van der Waals surface area contributed by atoms with Crippen LogP contribution in [0.3, 0.4) is 0 Å². The van der Waals surface area contributed by atoms with Crippen molar-refractivity contribution in [3.05, 3.63) is 0 Å². The molecule has 0 spiro atoms. The first-order valence-electron chi connectivity index (χ1n) is 9.99. The van der Waals surface area contributed by atoms with Crippen LogP contribution in [0.15, 0.2) is 0 Å². The summed E-state index contributed by atoms with van der Waals surface area (Å²) < 4.78 is 25.8. The normalized spacial score (nSPS) is 30.4. The van der Waals surface area contributed by atoms with Crippen molar-refractivity contribution >= 4 is 21.8 Å². The average Bonchev–Trinajstić information content (AvgIpc) is 2.96. The third-order valence-corrected chi connectivity index (χ3v) is 6.77. The Labute approximate surface area is 162 Å². The van der Waals surface area contributed by atoms with Crippen LogP contribution in [0.5, 0.6) is 0 Å². The van der Waals surface area contributed by atoms with E-state index in [0.29, 0.717) is 25.4 Å². The molecule has 0 bridgehead atoms. The Morgan fingerprint density at radius 2 is 1.89 bits per heavy atom. The van der Waals surface area contributed by atoms with Crippen molar-refractivity contribution in [3.8, 4) is 0 Å². The Bertz CT molecular complexity index is 662. The molecule has 0 aromatic heterocycles. The molecule has 2 saturated heterocycles. The van der Waals surface area contributed by atoms with E-state index < -0.39 is 10.0 Å². The molecule has 1 aliphatic carbocycles. The summed E-state index contributed by atoms with van der Waals surface area (Å²) in [5, 5.41) is 2.80. The molecule has 3 fully saturated rings. The molecule has 3 aliphatic rings. The molecule has 2 heterocycles. The first-order chi connectivity index (χ1) is 12.7. The minimum absolute atomic E-state index is 0.00797. The van der Waals surface area contributed by atoms with Crippen molar-refractivity contribution in [1.29, 1.82) is 0 Å². The van der Waals surface area contributed by atoms with Crippen molar-refractivity contribution in [2.75, 3.05) is 32.4 Å². The highest BCUT2D eigenvalue weighted by atomic mass is 32.2. The summed E-state index contributed by atoms with van der Waals surface area (Å²) in [6.07, 6.45) is 7.99. The molecular formula is C18H32N4O4S. The number of amides is 2. The molecule has 1 saturated carbocycles. The first-order valence-corrected chi connectivity index (χ1v) is 11.9. The van der Waals surface area contributed by atoms with Crippen LogP contribution in [0.2, 0.25) is 0 Å². The Morgan fingerprint density at radius 1 is 1.19 bits per heavy atom. The lowest BCUT2D eigenvalue weighted by atomic mass is 9.88. The Hall–Kier alpha value is -1.19. The highest BCUT2D eigenvalue weighted by molar-refractivity contribution is 7.88. The number of nitrogens with zero attached hydrogens (tertiary/aromatic N) is 2. The fourth-order valence-corrected chi connectivity index (χ4v) is 5.63. The maximum atomic E-state index is 13.1. The molecule has 9 heteroatoms. The van der Waals surface area contributed by atoms with E-state index in [0.717, 1.165) is 19.3 Å². The predicted molar refractivity (Wildman–Crippen MR) is 103 cm³/mol. The predicted octanol–water partition coefficient (Wildman–Crippen LogP) is -0.0943. The maximum Gasteiger partial charge on any atom is 0.242 e. The lowest BCUT2D eigenvalue weighted by molar-refractivity contribution is -0.144. The third-order valence-electron chi connectivity index (χ3n) is 6.01. The average molecular weight is 401 g/mol. The zero-order valence-corrected chi connectivity index (χ0v) is 17.1. The summed E-state index contributed by atoms with van der Waals surface area (Å²) in [7, 11) is -3.30. The molecule has 2 N–H and O–H groups in total. The number of rotatable bonds is 6. The molecule has 0 unspecified atom stereocenters. The standard InChI is InChI=1S/C18H32N4O4S/c1-13(23)19-9-17-18(24)22-11-15(20-27(2,25)26)8-16(22)12-21(17)10-14-6-4-3-5-7-14/h14-17,20H,3-12H2,1-2H3,(H,19,23)/t15-,16-,17-/m0/s1. The highest BCUT2D eigenvalue weighted by Crippen LogP contribution is 2.30. The number of fused-ring (bicyclic) bond motifs is 1. The van der Waals surface area contributed by atoms with E-state index in [4.69, 9.17) is 0 Å². The summed E-state index contributed by atoms with van der Waals surface area (Å²) in [5.74, 6) is 0.471. The summed E-state index contributed by atoms with van der Waals surface area (Å²) in [6.45, 7) is 3.81. The number of carbonyl (C=O) groups is 2. The van der Waals surface area contributed by atoms with E-state index in [2.05, 4.69) is 14.9 Å². The van der Waals surface area contributed by atoms with E-state index in [-0.39, 0.29) is 29.9 Å². The van der Waals surface area contributed by atoms with Crippen molar-refractivity contribution in [3.63, 3.8) is 0 Å². The van der Waals surface area contributed by atoms with E-state index in [1.165, 1.54) is 39.0 Å². The van der Waals surface area contributed by atoms with Crippen molar-refractivity contribution in [2.24, 2.45) is 5.92 Å². The molecule has 0 aromatic carbocycles. The molecule has 3 atom stereocenters. The van der Waals surface area contributed by atoms with Gasteiger partial charge in [0.25, 0.3) is 0 Å². The molecule has 8 nitrogen and oxygen atoms in total. The SMILES string of the molecule is CC(=O)NC[C@H]1C(=O)N2C[C@@H](NS(C)(=O)=O)C[C@H]2CN1CC1CCCCC1. The molecule has 3 rings (SSSR count). The van der Waals surface area contributed by atoms with Crippen molar-refractivity contribution in [1.82, 2.24) is 19.8 Å². The zero-order chi connectivity index (χ0) is 19.6. The Kier molecular flexibility index (Phi) is 6.43. The van der Waals surface area contributed by atoms with Gasteiger partial charge in [-0.05, 0) is 25.2 Å². The molecule has 154 valence electrons. The zero-order valence-electron chi connectivity index (χ0n) is 16.3. The third kappa shape index (κ3) is 5.42. The second-order valence-electron chi connectivity index (χ2n) is 8.38. The van der Waals surface area contributed by atoms with Gasteiger partial charge in [-0.25, -0.2) is 13.1 Å². The molecular weight excluding hydrogens is 368 g/mol. The highest BCUT2D eigenvalue weighted by Gasteiger charge is 2.46. The molecule has 0 aromatic rings. The van der Waals surface area contributed by atoms with Gasteiger partial charge in [-0.15, -0.1) is 0 Å². The summed E-state index contributed by atoms with van der Waals surface area (Å²) in [5.41, 5.74) is 0. The van der Waals surface area contributed by atoms with Crippen LogP contribution in [0.25, 0.3) is 0 Å². The van der Waals surface area contributed by atoms with E-state index >= 15 is 0 Å². The van der Waals surface area contributed by atoms with E-state index in [1.54, 1.807) is 0 Å². The fraction of sp³-hybridized carbons (Fsp3) is 0.889. The molecule has 2 aliphatic heterocycles. The minimum atomic E-state index is -3.30. The van der Waals surface area contributed by atoms with Gasteiger partial charge in [0.1, 0.15) is 6.04 Å². The second kappa shape index (κ2) is 8.45.